The third-order valence-corrected chi connectivity index (χ3v) is 7.16. The molecule has 1 fully saturated rings. The summed E-state index contributed by atoms with van der Waals surface area (Å²) in [5.41, 5.74) is 2.05. The van der Waals surface area contributed by atoms with Crippen LogP contribution < -0.4 is 4.90 Å². The lowest BCUT2D eigenvalue weighted by Gasteiger charge is -2.38. The van der Waals surface area contributed by atoms with Crippen molar-refractivity contribution in [2.75, 3.05) is 18.1 Å². The zero-order chi connectivity index (χ0) is 24.1. The molecule has 5 rings (SSSR count). The number of halogens is 5. The van der Waals surface area contributed by atoms with Crippen LogP contribution in [-0.4, -0.2) is 40.3 Å². The van der Waals surface area contributed by atoms with Gasteiger partial charge in [0.15, 0.2) is 0 Å². The number of alkyl halides is 3. The van der Waals surface area contributed by atoms with Crippen molar-refractivity contribution in [3.63, 3.8) is 0 Å². The number of fused-ring (bicyclic) bond motifs is 3. The summed E-state index contributed by atoms with van der Waals surface area (Å²) in [6.45, 7) is 1.18. The van der Waals surface area contributed by atoms with Crippen LogP contribution in [0, 0.1) is 5.82 Å². The van der Waals surface area contributed by atoms with E-state index in [1.165, 1.54) is 12.1 Å². The van der Waals surface area contributed by atoms with E-state index in [1.54, 1.807) is 33.7 Å². The highest BCUT2D eigenvalue weighted by molar-refractivity contribution is 6.31. The number of ether oxygens (including phenoxy) is 1. The molecule has 1 N–H and O–H groups in total. The van der Waals surface area contributed by atoms with Crippen molar-refractivity contribution >= 4 is 28.3 Å². The Bertz CT molecular complexity index is 1210. The third-order valence-electron chi connectivity index (χ3n) is 6.92. The van der Waals surface area contributed by atoms with E-state index in [9.17, 15) is 22.7 Å². The number of hydrogen-bond donors (Lipinski definition) is 1. The van der Waals surface area contributed by atoms with Crippen LogP contribution in [0.3, 0.4) is 0 Å². The maximum absolute atomic E-state index is 14.3. The van der Waals surface area contributed by atoms with Gasteiger partial charge in [-0.1, -0.05) is 17.7 Å². The van der Waals surface area contributed by atoms with Crippen LogP contribution >= 0.6 is 11.6 Å². The monoisotopic (exact) mass is 497 g/mol. The van der Waals surface area contributed by atoms with Crippen LogP contribution in [0.2, 0.25) is 5.02 Å². The lowest BCUT2D eigenvalue weighted by molar-refractivity contribution is -0.135. The van der Waals surface area contributed by atoms with Crippen LogP contribution in [-0.2, 0) is 23.2 Å². The van der Waals surface area contributed by atoms with Crippen molar-refractivity contribution in [1.82, 2.24) is 9.55 Å². The van der Waals surface area contributed by atoms with Crippen LogP contribution in [0.1, 0.15) is 37.1 Å². The average Bonchev–Trinajstić information content (AvgIpc) is 3.21. The molecule has 5 nitrogen and oxygen atoms in total. The molecule has 3 aromatic rings. The fraction of sp³-hybridized carbons (Fsp3) is 0.458. The van der Waals surface area contributed by atoms with Gasteiger partial charge >= 0.3 is 6.18 Å². The van der Waals surface area contributed by atoms with Crippen molar-refractivity contribution in [1.29, 1.82) is 0 Å². The Morgan fingerprint density at radius 1 is 1.15 bits per heavy atom. The van der Waals surface area contributed by atoms with Crippen molar-refractivity contribution in [3.05, 3.63) is 58.6 Å². The van der Waals surface area contributed by atoms with Gasteiger partial charge in [0.1, 0.15) is 17.9 Å². The van der Waals surface area contributed by atoms with E-state index in [0.29, 0.717) is 53.6 Å². The molecule has 1 atom stereocenters. The highest BCUT2D eigenvalue weighted by Gasteiger charge is 2.51. The molecule has 0 bridgehead atoms. The number of imidazole rings is 1. The number of anilines is 1. The molecule has 34 heavy (non-hydrogen) atoms. The maximum atomic E-state index is 14.3. The summed E-state index contributed by atoms with van der Waals surface area (Å²) in [5.74, 6) is 0.0586. The Balaban J connectivity index is 1.53. The Hall–Kier alpha value is -2.36. The summed E-state index contributed by atoms with van der Waals surface area (Å²) < 4.78 is 59.9. The summed E-state index contributed by atoms with van der Waals surface area (Å²) in [6.07, 6.45) is -5.05. The molecule has 1 saturated heterocycles. The van der Waals surface area contributed by atoms with Gasteiger partial charge < -0.3 is 19.3 Å². The van der Waals surface area contributed by atoms with Gasteiger partial charge in [0.2, 0.25) is 0 Å². The first-order valence-corrected chi connectivity index (χ1v) is 11.6. The number of rotatable bonds is 5. The summed E-state index contributed by atoms with van der Waals surface area (Å²) in [7, 11) is 0. The summed E-state index contributed by atoms with van der Waals surface area (Å²) in [5, 5.41) is 11.9. The molecule has 2 aliphatic heterocycles. The number of aryl methyl sites for hydroxylation is 1. The first kappa shape index (κ1) is 23.4. The molecule has 0 saturated carbocycles. The van der Waals surface area contributed by atoms with Gasteiger partial charge in [-0.25, -0.2) is 9.37 Å². The molecular weight excluding hydrogens is 474 g/mol. The van der Waals surface area contributed by atoms with Crippen molar-refractivity contribution in [3.8, 4) is 0 Å². The second-order valence-corrected chi connectivity index (χ2v) is 9.40. The fourth-order valence-corrected chi connectivity index (χ4v) is 5.45. The Morgan fingerprint density at radius 2 is 1.91 bits per heavy atom. The summed E-state index contributed by atoms with van der Waals surface area (Å²) in [6, 6.07) is 9.56. The molecule has 0 amide bonds. The molecule has 182 valence electrons. The van der Waals surface area contributed by atoms with E-state index in [2.05, 4.69) is 4.98 Å². The molecule has 10 heteroatoms. The van der Waals surface area contributed by atoms with Gasteiger partial charge in [-0.15, -0.1) is 0 Å². The molecule has 0 aliphatic carbocycles. The smallest absolute Gasteiger partial charge is 0.381 e. The third kappa shape index (κ3) is 4.14. The lowest BCUT2D eigenvalue weighted by atomic mass is 9.74. The zero-order valence-electron chi connectivity index (χ0n) is 18.3. The second kappa shape index (κ2) is 8.70. The van der Waals surface area contributed by atoms with Gasteiger partial charge in [0.05, 0.1) is 17.6 Å². The fourth-order valence-electron chi connectivity index (χ4n) is 5.28. The molecule has 2 aliphatic rings. The number of aromatic nitrogens is 2. The number of aliphatic hydroxyl groups is 1. The van der Waals surface area contributed by atoms with Gasteiger partial charge in [0, 0.05) is 42.3 Å². The molecule has 1 aromatic heterocycles. The van der Waals surface area contributed by atoms with Gasteiger partial charge in [0.25, 0.3) is 0 Å². The second-order valence-electron chi connectivity index (χ2n) is 8.96. The molecular formula is C24H24ClF4N3O2. The standard InChI is InChI=1S/C24H24ClF4N3O2/c25-15-2-5-19-18(12-15)30-21(31(19)9-1-6-24(27,28)29)14-32-20-13-16(26)3-4-17(20)23(22(32)33)7-10-34-11-8-23/h2-5,12-13,22,33H,1,6-11,14H2. The van der Waals surface area contributed by atoms with Gasteiger partial charge in [-0.3, -0.25) is 0 Å². The first-order valence-electron chi connectivity index (χ1n) is 11.2. The van der Waals surface area contributed by atoms with Gasteiger partial charge in [-0.2, -0.15) is 13.2 Å². The molecule has 0 radical (unpaired) electrons. The average molecular weight is 498 g/mol. The molecule has 1 unspecified atom stereocenters. The number of nitrogens with zero attached hydrogens (tertiary/aromatic N) is 3. The zero-order valence-corrected chi connectivity index (χ0v) is 19.0. The predicted molar refractivity (Wildman–Crippen MR) is 120 cm³/mol. The quantitative estimate of drug-likeness (QED) is 0.469. The number of benzene rings is 2. The number of hydrogen-bond acceptors (Lipinski definition) is 4. The Kier molecular flexibility index (Phi) is 5.98. The first-order chi connectivity index (χ1) is 16.2. The van der Waals surface area contributed by atoms with Crippen molar-refractivity contribution < 1.29 is 27.4 Å². The minimum Gasteiger partial charge on any atom is -0.381 e. The minimum absolute atomic E-state index is 0.103. The highest BCUT2D eigenvalue weighted by atomic mass is 35.5. The Morgan fingerprint density at radius 3 is 2.65 bits per heavy atom. The van der Waals surface area contributed by atoms with Crippen LogP contribution in [0.25, 0.3) is 11.0 Å². The van der Waals surface area contributed by atoms with E-state index in [1.807, 2.05) is 0 Å². The van der Waals surface area contributed by atoms with Crippen LogP contribution in [0.5, 0.6) is 0 Å². The van der Waals surface area contributed by atoms with Crippen molar-refractivity contribution in [2.24, 2.45) is 0 Å². The van der Waals surface area contributed by atoms with E-state index in [-0.39, 0.29) is 19.5 Å². The van der Waals surface area contributed by atoms with Crippen molar-refractivity contribution in [2.45, 2.75) is 56.6 Å². The topological polar surface area (TPSA) is 50.5 Å². The van der Waals surface area contributed by atoms with E-state index >= 15 is 0 Å². The largest absolute Gasteiger partial charge is 0.389 e. The number of aliphatic hydroxyl groups excluding tert-OH is 1. The van der Waals surface area contributed by atoms with E-state index < -0.39 is 30.1 Å². The lowest BCUT2D eigenvalue weighted by Crippen LogP contribution is -2.48. The predicted octanol–water partition coefficient (Wildman–Crippen LogP) is 5.56. The Labute approximate surface area is 198 Å². The SMILES string of the molecule is OC1N(Cc2nc3cc(Cl)ccc3n2CCCC(F)(F)F)c2cc(F)ccc2C12CCOCC2. The maximum Gasteiger partial charge on any atom is 0.389 e. The minimum atomic E-state index is -4.25. The molecule has 2 aromatic carbocycles. The normalized spacial score (nSPS) is 19.8. The highest BCUT2D eigenvalue weighted by Crippen LogP contribution is 2.50. The van der Waals surface area contributed by atoms with E-state index in [4.69, 9.17) is 16.3 Å². The summed E-state index contributed by atoms with van der Waals surface area (Å²) in [4.78, 5) is 6.34. The van der Waals surface area contributed by atoms with Gasteiger partial charge in [-0.05, 0) is 55.2 Å². The van der Waals surface area contributed by atoms with E-state index in [0.717, 1.165) is 5.56 Å². The molecule has 1 spiro atoms. The molecule has 3 heterocycles. The van der Waals surface area contributed by atoms with Crippen LogP contribution in [0.4, 0.5) is 23.2 Å². The summed E-state index contributed by atoms with van der Waals surface area (Å²) >= 11 is 6.12. The van der Waals surface area contributed by atoms with Crippen LogP contribution in [0.15, 0.2) is 36.4 Å².